The summed E-state index contributed by atoms with van der Waals surface area (Å²) in [6.45, 7) is 0. The summed E-state index contributed by atoms with van der Waals surface area (Å²) in [5, 5.41) is 0. The molecular formula is C14H19ClF3NO. The number of hydrogen-bond acceptors (Lipinski definition) is 2. The van der Waals surface area contributed by atoms with Crippen molar-refractivity contribution in [2.45, 2.75) is 44.5 Å². The Hall–Kier alpha value is -0.940. The molecule has 0 heterocycles. The van der Waals surface area contributed by atoms with Crippen molar-refractivity contribution in [1.29, 1.82) is 0 Å². The molecule has 114 valence electrons. The Morgan fingerprint density at radius 2 is 1.70 bits per heavy atom. The second kappa shape index (κ2) is 7.18. The van der Waals surface area contributed by atoms with Gasteiger partial charge in [0, 0.05) is 11.6 Å². The molecule has 0 bridgehead atoms. The number of para-hydroxylation sites is 1. The maximum absolute atomic E-state index is 12.4. The zero-order valence-electron chi connectivity index (χ0n) is 11.0. The van der Waals surface area contributed by atoms with E-state index in [1.54, 1.807) is 12.1 Å². The van der Waals surface area contributed by atoms with Gasteiger partial charge >= 0.3 is 6.36 Å². The van der Waals surface area contributed by atoms with Gasteiger partial charge in [0.05, 0.1) is 0 Å². The van der Waals surface area contributed by atoms with E-state index in [2.05, 4.69) is 4.74 Å². The van der Waals surface area contributed by atoms with Crippen LogP contribution in [-0.2, 0) is 0 Å². The van der Waals surface area contributed by atoms with Gasteiger partial charge in [0.1, 0.15) is 5.75 Å². The highest BCUT2D eigenvalue weighted by atomic mass is 35.5. The highest BCUT2D eigenvalue weighted by Crippen LogP contribution is 2.37. The van der Waals surface area contributed by atoms with Crippen LogP contribution in [0, 0.1) is 5.92 Å². The molecule has 2 rings (SSSR count). The molecular weight excluding hydrogens is 291 g/mol. The highest BCUT2D eigenvalue weighted by Gasteiger charge is 2.33. The second-order valence-corrected chi connectivity index (χ2v) is 5.01. The van der Waals surface area contributed by atoms with Crippen LogP contribution in [-0.4, -0.2) is 6.36 Å². The lowest BCUT2D eigenvalue weighted by Gasteiger charge is -2.28. The van der Waals surface area contributed by atoms with Crippen LogP contribution < -0.4 is 10.5 Å². The lowest BCUT2D eigenvalue weighted by molar-refractivity contribution is -0.275. The third kappa shape index (κ3) is 4.56. The first-order chi connectivity index (χ1) is 8.97. The minimum absolute atomic E-state index is 0. The Bertz CT molecular complexity index is 419. The zero-order chi connectivity index (χ0) is 13.9. The molecule has 20 heavy (non-hydrogen) atoms. The Kier molecular flexibility index (Phi) is 6.14. The van der Waals surface area contributed by atoms with E-state index in [0.717, 1.165) is 25.7 Å². The van der Waals surface area contributed by atoms with Gasteiger partial charge in [-0.05, 0) is 24.8 Å². The molecule has 0 aliphatic heterocycles. The molecule has 1 aromatic rings. The fraction of sp³-hybridized carbons (Fsp3) is 0.571. The molecule has 1 aliphatic carbocycles. The number of hydrogen-bond donors (Lipinski definition) is 1. The molecule has 0 radical (unpaired) electrons. The Labute approximate surface area is 122 Å². The van der Waals surface area contributed by atoms with E-state index in [-0.39, 0.29) is 30.1 Å². The second-order valence-electron chi connectivity index (χ2n) is 5.01. The Morgan fingerprint density at radius 3 is 2.30 bits per heavy atom. The summed E-state index contributed by atoms with van der Waals surface area (Å²) < 4.78 is 41.2. The van der Waals surface area contributed by atoms with Crippen molar-refractivity contribution in [1.82, 2.24) is 0 Å². The number of rotatable bonds is 3. The standard InChI is InChI=1S/C14H18F3NO.ClH/c15-14(16,17)19-12-9-5-4-8-11(12)13(18)10-6-2-1-3-7-10;/h4-5,8-10,13H,1-3,6-7,18H2;1H/t13-;/m1./s1. The van der Waals surface area contributed by atoms with E-state index >= 15 is 0 Å². The lowest BCUT2D eigenvalue weighted by atomic mass is 9.81. The molecule has 0 spiro atoms. The third-order valence-corrected chi connectivity index (χ3v) is 3.66. The topological polar surface area (TPSA) is 35.2 Å². The van der Waals surface area contributed by atoms with Crippen LogP contribution in [0.25, 0.3) is 0 Å². The van der Waals surface area contributed by atoms with Gasteiger partial charge in [-0.1, -0.05) is 37.5 Å². The SMILES string of the molecule is Cl.N[C@@H](c1ccccc1OC(F)(F)F)C1CCCCC1. The normalized spacial score (nSPS) is 18.2. The van der Waals surface area contributed by atoms with E-state index in [9.17, 15) is 13.2 Å². The Morgan fingerprint density at radius 1 is 1.10 bits per heavy atom. The number of benzene rings is 1. The van der Waals surface area contributed by atoms with Crippen LogP contribution in [0.5, 0.6) is 5.75 Å². The summed E-state index contributed by atoms with van der Waals surface area (Å²) >= 11 is 0. The van der Waals surface area contributed by atoms with Crippen LogP contribution in [0.2, 0.25) is 0 Å². The summed E-state index contributed by atoms with van der Waals surface area (Å²) in [5.74, 6) is 0.0693. The zero-order valence-corrected chi connectivity index (χ0v) is 11.8. The van der Waals surface area contributed by atoms with Crippen LogP contribution in [0.15, 0.2) is 24.3 Å². The molecule has 0 saturated heterocycles. The number of halogens is 4. The van der Waals surface area contributed by atoms with E-state index in [1.165, 1.54) is 18.6 Å². The average molecular weight is 310 g/mol. The molecule has 0 amide bonds. The van der Waals surface area contributed by atoms with E-state index in [0.29, 0.717) is 5.56 Å². The molecule has 1 atom stereocenters. The van der Waals surface area contributed by atoms with E-state index in [4.69, 9.17) is 5.73 Å². The van der Waals surface area contributed by atoms with Crippen molar-refractivity contribution in [2.75, 3.05) is 0 Å². The predicted molar refractivity (Wildman–Crippen MR) is 73.9 cm³/mol. The number of ether oxygens (including phenoxy) is 1. The van der Waals surface area contributed by atoms with Gasteiger partial charge in [0.2, 0.25) is 0 Å². The third-order valence-electron chi connectivity index (χ3n) is 3.66. The predicted octanol–water partition coefficient (Wildman–Crippen LogP) is 4.59. The van der Waals surface area contributed by atoms with Crippen molar-refractivity contribution in [3.8, 4) is 5.75 Å². The van der Waals surface area contributed by atoms with Crippen molar-refractivity contribution >= 4 is 12.4 Å². The number of nitrogens with two attached hydrogens (primary N) is 1. The smallest absolute Gasteiger partial charge is 0.405 e. The first kappa shape index (κ1) is 17.1. The van der Waals surface area contributed by atoms with Gasteiger partial charge < -0.3 is 10.5 Å². The van der Waals surface area contributed by atoms with Crippen molar-refractivity contribution in [2.24, 2.45) is 11.7 Å². The van der Waals surface area contributed by atoms with Crippen LogP contribution in [0.4, 0.5) is 13.2 Å². The van der Waals surface area contributed by atoms with Crippen LogP contribution >= 0.6 is 12.4 Å². The van der Waals surface area contributed by atoms with Gasteiger partial charge in [-0.25, -0.2) is 0 Å². The molecule has 1 fully saturated rings. The fourth-order valence-corrected chi connectivity index (χ4v) is 2.72. The molecule has 1 aromatic carbocycles. The van der Waals surface area contributed by atoms with Crippen molar-refractivity contribution in [3.05, 3.63) is 29.8 Å². The van der Waals surface area contributed by atoms with Gasteiger partial charge in [0.25, 0.3) is 0 Å². The summed E-state index contributed by atoms with van der Waals surface area (Å²) in [5.41, 5.74) is 6.59. The minimum Gasteiger partial charge on any atom is -0.405 e. The van der Waals surface area contributed by atoms with Crippen LogP contribution in [0.1, 0.15) is 43.7 Å². The van der Waals surface area contributed by atoms with Gasteiger partial charge in [-0.2, -0.15) is 0 Å². The quantitative estimate of drug-likeness (QED) is 0.886. The monoisotopic (exact) mass is 309 g/mol. The van der Waals surface area contributed by atoms with Crippen LogP contribution in [0.3, 0.4) is 0 Å². The van der Waals surface area contributed by atoms with Gasteiger partial charge in [-0.3, -0.25) is 0 Å². The van der Waals surface area contributed by atoms with Crippen molar-refractivity contribution < 1.29 is 17.9 Å². The maximum Gasteiger partial charge on any atom is 0.573 e. The Balaban J connectivity index is 0.00000200. The van der Waals surface area contributed by atoms with E-state index < -0.39 is 6.36 Å². The maximum atomic E-state index is 12.4. The molecule has 0 unspecified atom stereocenters. The van der Waals surface area contributed by atoms with Crippen molar-refractivity contribution in [3.63, 3.8) is 0 Å². The molecule has 6 heteroatoms. The molecule has 0 aromatic heterocycles. The fourth-order valence-electron chi connectivity index (χ4n) is 2.72. The summed E-state index contributed by atoms with van der Waals surface area (Å²) in [4.78, 5) is 0. The lowest BCUT2D eigenvalue weighted by Crippen LogP contribution is -2.25. The highest BCUT2D eigenvalue weighted by molar-refractivity contribution is 5.85. The first-order valence-electron chi connectivity index (χ1n) is 6.57. The summed E-state index contributed by atoms with van der Waals surface area (Å²) in [7, 11) is 0. The largest absolute Gasteiger partial charge is 0.573 e. The number of alkyl halides is 3. The van der Waals surface area contributed by atoms with Gasteiger partial charge in [-0.15, -0.1) is 25.6 Å². The summed E-state index contributed by atoms with van der Waals surface area (Å²) in [6.07, 6.45) is 0.649. The molecule has 1 aliphatic rings. The average Bonchev–Trinajstić information content (AvgIpc) is 2.38. The van der Waals surface area contributed by atoms with E-state index in [1.807, 2.05) is 0 Å². The molecule has 2 N–H and O–H groups in total. The summed E-state index contributed by atoms with van der Waals surface area (Å²) in [6, 6.07) is 5.78. The first-order valence-corrected chi connectivity index (χ1v) is 6.57. The minimum atomic E-state index is -4.68. The van der Waals surface area contributed by atoms with Gasteiger partial charge in [0.15, 0.2) is 0 Å². The molecule has 1 saturated carbocycles. The molecule has 2 nitrogen and oxygen atoms in total.